The molecule has 1 N–H and O–H groups in total. The van der Waals surface area contributed by atoms with Gasteiger partial charge in [-0.25, -0.2) is 0 Å². The summed E-state index contributed by atoms with van der Waals surface area (Å²) in [5, 5.41) is 11.7. The van der Waals surface area contributed by atoms with Gasteiger partial charge >= 0.3 is 0 Å². The third kappa shape index (κ3) is 2.52. The molecule has 162 valence electrons. The third-order valence-electron chi connectivity index (χ3n) is 6.34. The Morgan fingerprint density at radius 1 is 1.26 bits per heavy atom. The van der Waals surface area contributed by atoms with Crippen LogP contribution >= 0.6 is 0 Å². The summed E-state index contributed by atoms with van der Waals surface area (Å²) in [5.41, 5.74) is -0.350. The third-order valence-corrected chi connectivity index (χ3v) is 6.34. The molecule has 31 heavy (non-hydrogen) atoms. The Morgan fingerprint density at radius 3 is 2.71 bits per heavy atom. The van der Waals surface area contributed by atoms with Crippen LogP contribution in [0.15, 0.2) is 47.8 Å². The Kier molecular flexibility index (Phi) is 4.21. The Balaban J connectivity index is 1.63. The summed E-state index contributed by atoms with van der Waals surface area (Å²) < 4.78 is 28.6. The van der Waals surface area contributed by atoms with Crippen molar-refractivity contribution in [1.82, 2.24) is 0 Å². The van der Waals surface area contributed by atoms with Crippen LogP contribution in [0, 0.1) is 0 Å². The highest BCUT2D eigenvalue weighted by Gasteiger charge is 2.64. The molecule has 3 heterocycles. The Labute approximate surface area is 178 Å². The molecule has 4 aliphatic rings. The van der Waals surface area contributed by atoms with Crippen LogP contribution in [0.2, 0.25) is 0 Å². The van der Waals surface area contributed by atoms with Gasteiger partial charge in [0.15, 0.2) is 17.5 Å². The molecule has 0 unspecified atom stereocenters. The lowest BCUT2D eigenvalue weighted by Gasteiger charge is -2.50. The Hall–Kier alpha value is -2.94. The smallest absolute Gasteiger partial charge is 0.220 e. The molecule has 0 spiro atoms. The normalized spacial score (nSPS) is 33.0. The van der Waals surface area contributed by atoms with Gasteiger partial charge in [-0.05, 0) is 30.7 Å². The molecule has 0 amide bonds. The van der Waals surface area contributed by atoms with E-state index in [1.165, 1.54) is 20.3 Å². The van der Waals surface area contributed by atoms with E-state index in [4.69, 9.17) is 23.7 Å². The molecule has 0 radical (unpaired) electrons. The SMILES string of the molecule is C=C(C)[C@@H]1Cc2c(ccc3c2O[C@@H]2CO[C@@]4(OC)C=C(OC)C(=O)C=C4[C@@]2(O)C3=O)O1. The minimum atomic E-state index is -2.14. The number of allylic oxidation sites excluding steroid dienone is 1. The van der Waals surface area contributed by atoms with Gasteiger partial charge < -0.3 is 28.8 Å². The molecule has 8 heteroatoms. The van der Waals surface area contributed by atoms with Gasteiger partial charge in [0.1, 0.15) is 17.6 Å². The van der Waals surface area contributed by atoms with Crippen LogP contribution in [0.3, 0.4) is 0 Å². The molecular weight excluding hydrogens is 404 g/mol. The van der Waals surface area contributed by atoms with Crippen LogP contribution in [-0.2, 0) is 25.4 Å². The fraction of sp³-hybridized carbons (Fsp3) is 0.391. The second-order valence-electron chi connectivity index (χ2n) is 8.10. The number of benzene rings is 1. The first-order chi connectivity index (χ1) is 14.7. The van der Waals surface area contributed by atoms with Gasteiger partial charge in [-0.1, -0.05) is 6.58 Å². The van der Waals surface area contributed by atoms with E-state index in [9.17, 15) is 14.7 Å². The van der Waals surface area contributed by atoms with E-state index in [0.29, 0.717) is 17.9 Å². The number of methoxy groups -OCH3 is 2. The van der Waals surface area contributed by atoms with Crippen molar-refractivity contribution in [2.45, 2.75) is 36.9 Å². The Bertz CT molecular complexity index is 1100. The highest BCUT2D eigenvalue weighted by Crippen LogP contribution is 2.51. The van der Waals surface area contributed by atoms with E-state index in [1.54, 1.807) is 12.1 Å². The summed E-state index contributed by atoms with van der Waals surface area (Å²) in [6.45, 7) is 5.67. The van der Waals surface area contributed by atoms with E-state index in [2.05, 4.69) is 6.58 Å². The van der Waals surface area contributed by atoms with Gasteiger partial charge in [0.05, 0.1) is 19.3 Å². The summed E-state index contributed by atoms with van der Waals surface area (Å²) in [6, 6.07) is 3.26. The topological polar surface area (TPSA) is 101 Å². The number of aliphatic hydroxyl groups is 1. The zero-order chi connectivity index (χ0) is 22.1. The molecule has 1 aromatic rings. The van der Waals surface area contributed by atoms with Crippen molar-refractivity contribution in [1.29, 1.82) is 0 Å². The summed E-state index contributed by atoms with van der Waals surface area (Å²) in [6.07, 6.45) is 1.70. The maximum absolute atomic E-state index is 13.7. The minimum Gasteiger partial charge on any atom is -0.493 e. The minimum absolute atomic E-state index is 0.00182. The van der Waals surface area contributed by atoms with Crippen molar-refractivity contribution in [2.75, 3.05) is 20.8 Å². The summed E-state index contributed by atoms with van der Waals surface area (Å²) >= 11 is 0. The van der Waals surface area contributed by atoms with Crippen LogP contribution in [-0.4, -0.2) is 61.1 Å². The number of carbonyl (C=O) groups is 2. The number of hydrogen-bond donors (Lipinski definition) is 1. The van der Waals surface area contributed by atoms with Gasteiger partial charge in [-0.2, -0.15) is 0 Å². The molecular formula is C23H22O8. The van der Waals surface area contributed by atoms with E-state index >= 15 is 0 Å². The van der Waals surface area contributed by atoms with Crippen molar-refractivity contribution in [3.8, 4) is 11.5 Å². The number of ether oxygens (including phenoxy) is 5. The molecule has 0 saturated carbocycles. The lowest BCUT2D eigenvalue weighted by atomic mass is 9.71. The number of ketones is 2. The van der Waals surface area contributed by atoms with E-state index in [1.807, 2.05) is 6.92 Å². The molecule has 4 atom stereocenters. The Morgan fingerprint density at radius 2 is 2.03 bits per heavy atom. The molecule has 0 aromatic heterocycles. The monoisotopic (exact) mass is 426 g/mol. The first-order valence-electron chi connectivity index (χ1n) is 9.90. The van der Waals surface area contributed by atoms with Gasteiger partial charge in [0.25, 0.3) is 0 Å². The summed E-state index contributed by atoms with van der Waals surface area (Å²) in [5.74, 6) is -1.73. The van der Waals surface area contributed by atoms with Crippen molar-refractivity contribution in [2.24, 2.45) is 0 Å². The van der Waals surface area contributed by atoms with Crippen LogP contribution in [0.5, 0.6) is 11.5 Å². The standard InChI is InChI=1S/C23H22O8/c1-11(2)16-7-13-15(30-16)6-5-12-20(13)31-19-10-29-22(28-4)9-17(27-3)14(24)8-18(22)23(19,26)21(12)25/h5-6,8-9,16,19,26H,1,7,10H2,2-4H3/t16-,19+,22-,23-/m0/s1. The number of carbonyl (C=O) groups excluding carboxylic acids is 2. The second kappa shape index (κ2) is 6.53. The van der Waals surface area contributed by atoms with Gasteiger partial charge in [0, 0.05) is 30.7 Å². The molecule has 3 aliphatic heterocycles. The second-order valence-corrected chi connectivity index (χ2v) is 8.10. The largest absolute Gasteiger partial charge is 0.493 e. The molecule has 0 bridgehead atoms. The lowest BCUT2D eigenvalue weighted by molar-refractivity contribution is -0.230. The molecule has 1 aliphatic carbocycles. The highest BCUT2D eigenvalue weighted by molar-refractivity contribution is 6.12. The van der Waals surface area contributed by atoms with E-state index < -0.39 is 29.1 Å². The highest BCUT2D eigenvalue weighted by atomic mass is 16.7. The lowest BCUT2D eigenvalue weighted by Crippen LogP contribution is -2.67. The first-order valence-corrected chi connectivity index (χ1v) is 9.90. The fourth-order valence-corrected chi connectivity index (χ4v) is 4.62. The summed E-state index contributed by atoms with van der Waals surface area (Å²) in [7, 11) is 2.71. The van der Waals surface area contributed by atoms with E-state index in [-0.39, 0.29) is 29.6 Å². The zero-order valence-corrected chi connectivity index (χ0v) is 17.4. The predicted molar refractivity (Wildman–Crippen MR) is 107 cm³/mol. The van der Waals surface area contributed by atoms with Crippen LogP contribution < -0.4 is 9.47 Å². The van der Waals surface area contributed by atoms with Crippen LogP contribution in [0.4, 0.5) is 0 Å². The number of fused-ring (bicyclic) bond motifs is 6. The molecule has 1 saturated heterocycles. The number of rotatable bonds is 3. The van der Waals surface area contributed by atoms with Crippen molar-refractivity contribution >= 4 is 11.6 Å². The zero-order valence-electron chi connectivity index (χ0n) is 17.4. The number of Topliss-reactive ketones (excluding diaryl/α,β-unsaturated/α-hetero) is 1. The van der Waals surface area contributed by atoms with Gasteiger partial charge in [-0.15, -0.1) is 0 Å². The maximum atomic E-state index is 13.7. The number of hydrogen-bond acceptors (Lipinski definition) is 8. The van der Waals surface area contributed by atoms with Crippen molar-refractivity contribution < 1.29 is 38.4 Å². The first kappa shape index (κ1) is 20.0. The molecule has 1 aromatic carbocycles. The maximum Gasteiger partial charge on any atom is 0.220 e. The average Bonchev–Trinajstić information content (AvgIpc) is 3.20. The quantitative estimate of drug-likeness (QED) is 0.729. The van der Waals surface area contributed by atoms with Crippen LogP contribution in [0.1, 0.15) is 22.8 Å². The van der Waals surface area contributed by atoms with Gasteiger partial charge in [0.2, 0.25) is 17.4 Å². The van der Waals surface area contributed by atoms with Gasteiger partial charge in [-0.3, -0.25) is 9.59 Å². The molecule has 1 fully saturated rings. The predicted octanol–water partition coefficient (Wildman–Crippen LogP) is 1.65. The molecule has 5 rings (SSSR count). The van der Waals surface area contributed by atoms with E-state index in [0.717, 1.165) is 17.2 Å². The molecule has 8 nitrogen and oxygen atoms in total. The van der Waals surface area contributed by atoms with Crippen LogP contribution in [0.25, 0.3) is 0 Å². The fourth-order valence-electron chi connectivity index (χ4n) is 4.62. The van der Waals surface area contributed by atoms with Crippen molar-refractivity contribution in [3.63, 3.8) is 0 Å². The van der Waals surface area contributed by atoms with Crippen molar-refractivity contribution in [3.05, 3.63) is 58.9 Å². The average molecular weight is 426 g/mol. The summed E-state index contributed by atoms with van der Waals surface area (Å²) in [4.78, 5) is 26.1.